The highest BCUT2D eigenvalue weighted by atomic mass is 16.6. The van der Waals surface area contributed by atoms with Gasteiger partial charge in [0.25, 0.3) is 5.69 Å². The minimum absolute atomic E-state index is 0.0492. The molecule has 0 saturated heterocycles. The maximum Gasteiger partial charge on any atom is 0.270 e. The van der Waals surface area contributed by atoms with E-state index in [0.717, 1.165) is 18.4 Å². The van der Waals surface area contributed by atoms with E-state index in [1.54, 1.807) is 18.2 Å². The minimum atomic E-state index is -0.916. The van der Waals surface area contributed by atoms with Gasteiger partial charge in [-0.1, -0.05) is 24.3 Å². The molecule has 0 fully saturated rings. The summed E-state index contributed by atoms with van der Waals surface area (Å²) in [6.45, 7) is 0.371. The summed E-state index contributed by atoms with van der Waals surface area (Å²) in [5.41, 5.74) is 1.99. The predicted molar refractivity (Wildman–Crippen MR) is 100 cm³/mol. The van der Waals surface area contributed by atoms with Crippen molar-refractivity contribution < 1.29 is 10.0 Å². The van der Waals surface area contributed by atoms with Crippen molar-refractivity contribution in [2.24, 2.45) is 0 Å². The summed E-state index contributed by atoms with van der Waals surface area (Å²) in [4.78, 5) is 15.0. The Balaban J connectivity index is 1.57. The molecule has 2 N–H and O–H groups in total. The monoisotopic (exact) mass is 349 g/mol. The Hall–Kier alpha value is -2.99. The Bertz CT molecular complexity index is 989. The lowest BCUT2D eigenvalue weighted by atomic mass is 9.79. The molecule has 1 aromatic heterocycles. The van der Waals surface area contributed by atoms with E-state index in [2.05, 4.69) is 16.4 Å². The Morgan fingerprint density at radius 3 is 2.88 bits per heavy atom. The molecular formula is C20H19N3O3. The van der Waals surface area contributed by atoms with Crippen molar-refractivity contribution in [1.82, 2.24) is 4.98 Å². The van der Waals surface area contributed by atoms with Crippen molar-refractivity contribution in [3.63, 3.8) is 0 Å². The Morgan fingerprint density at radius 2 is 2.04 bits per heavy atom. The number of nitro benzene ring substituents is 1. The molecule has 0 radical (unpaired) electrons. The van der Waals surface area contributed by atoms with Crippen LogP contribution in [0.3, 0.4) is 0 Å². The molecule has 2 aromatic carbocycles. The van der Waals surface area contributed by atoms with Crippen LogP contribution in [0.25, 0.3) is 10.9 Å². The zero-order valence-corrected chi connectivity index (χ0v) is 14.2. The van der Waals surface area contributed by atoms with Crippen LogP contribution in [0.2, 0.25) is 0 Å². The van der Waals surface area contributed by atoms with Gasteiger partial charge in [0.1, 0.15) is 11.4 Å². The summed E-state index contributed by atoms with van der Waals surface area (Å²) in [7, 11) is 0. The third-order valence-corrected chi connectivity index (χ3v) is 5.00. The number of non-ortho nitro benzene ring substituents is 1. The largest absolute Gasteiger partial charge is 0.383 e. The smallest absolute Gasteiger partial charge is 0.270 e. The number of aromatic nitrogens is 1. The molecule has 6 nitrogen and oxygen atoms in total. The van der Waals surface area contributed by atoms with E-state index in [0.29, 0.717) is 29.7 Å². The first kappa shape index (κ1) is 16.5. The van der Waals surface area contributed by atoms with Crippen molar-refractivity contribution in [2.75, 3.05) is 11.9 Å². The molecule has 1 unspecified atom stereocenters. The normalized spacial score (nSPS) is 19.1. The number of rotatable bonds is 4. The lowest BCUT2D eigenvalue weighted by Crippen LogP contribution is -2.37. The Kier molecular flexibility index (Phi) is 4.05. The standard InChI is InChI=1S/C20H19N3O3/c24-20(11-3-5-14-4-1-2-6-17(14)20)13-21-19-10-7-15-12-16(23(25)26)8-9-18(15)22-19/h1-2,4,6-10,12,24H,3,5,11,13H2,(H,21,22). The van der Waals surface area contributed by atoms with Crippen LogP contribution in [0.4, 0.5) is 11.5 Å². The first-order chi connectivity index (χ1) is 12.5. The number of benzene rings is 2. The average Bonchev–Trinajstić information content (AvgIpc) is 2.66. The summed E-state index contributed by atoms with van der Waals surface area (Å²) < 4.78 is 0. The minimum Gasteiger partial charge on any atom is -0.383 e. The second kappa shape index (κ2) is 6.38. The summed E-state index contributed by atoms with van der Waals surface area (Å²) in [5.74, 6) is 0.642. The second-order valence-corrected chi connectivity index (χ2v) is 6.73. The number of hydrogen-bond donors (Lipinski definition) is 2. The lowest BCUT2D eigenvalue weighted by Gasteiger charge is -2.34. The molecule has 0 amide bonds. The zero-order valence-electron chi connectivity index (χ0n) is 14.2. The fourth-order valence-corrected chi connectivity index (χ4v) is 3.64. The van der Waals surface area contributed by atoms with Crippen molar-refractivity contribution in [3.05, 3.63) is 75.8 Å². The highest BCUT2D eigenvalue weighted by Crippen LogP contribution is 2.35. The molecule has 4 rings (SSSR count). The summed E-state index contributed by atoms with van der Waals surface area (Å²) in [6, 6.07) is 16.2. The summed E-state index contributed by atoms with van der Waals surface area (Å²) in [5, 5.41) is 25.9. The first-order valence-corrected chi connectivity index (χ1v) is 8.65. The Morgan fingerprint density at radius 1 is 1.19 bits per heavy atom. The van der Waals surface area contributed by atoms with Crippen molar-refractivity contribution >= 4 is 22.4 Å². The Labute approximate surface area is 150 Å². The molecule has 6 heteroatoms. The van der Waals surface area contributed by atoms with Crippen LogP contribution in [0, 0.1) is 10.1 Å². The molecule has 0 saturated carbocycles. The van der Waals surface area contributed by atoms with E-state index in [1.807, 2.05) is 18.2 Å². The van der Waals surface area contributed by atoms with Crippen molar-refractivity contribution in [1.29, 1.82) is 0 Å². The van der Waals surface area contributed by atoms with Gasteiger partial charge in [0.05, 0.1) is 10.4 Å². The van der Waals surface area contributed by atoms with Gasteiger partial charge in [-0.2, -0.15) is 0 Å². The van der Waals surface area contributed by atoms with E-state index >= 15 is 0 Å². The second-order valence-electron chi connectivity index (χ2n) is 6.73. The molecule has 132 valence electrons. The number of pyridine rings is 1. The number of fused-ring (bicyclic) bond motifs is 2. The first-order valence-electron chi connectivity index (χ1n) is 8.65. The number of aliphatic hydroxyl groups is 1. The van der Waals surface area contributed by atoms with E-state index in [9.17, 15) is 15.2 Å². The van der Waals surface area contributed by atoms with Gasteiger partial charge in [0.15, 0.2) is 0 Å². The quantitative estimate of drug-likeness (QED) is 0.553. The highest BCUT2D eigenvalue weighted by Gasteiger charge is 2.33. The molecule has 0 spiro atoms. The van der Waals surface area contributed by atoms with Crippen LogP contribution < -0.4 is 5.32 Å². The summed E-state index contributed by atoms with van der Waals surface area (Å²) in [6.07, 6.45) is 2.65. The fourth-order valence-electron chi connectivity index (χ4n) is 3.64. The third-order valence-electron chi connectivity index (χ3n) is 5.00. The molecule has 3 aromatic rings. The number of anilines is 1. The molecular weight excluding hydrogens is 330 g/mol. The number of nitro groups is 1. The number of nitrogens with one attached hydrogen (secondary N) is 1. The average molecular weight is 349 g/mol. The van der Waals surface area contributed by atoms with E-state index in [4.69, 9.17) is 0 Å². The fraction of sp³-hybridized carbons (Fsp3) is 0.250. The maximum absolute atomic E-state index is 11.1. The van der Waals surface area contributed by atoms with Crippen LogP contribution in [0.15, 0.2) is 54.6 Å². The predicted octanol–water partition coefficient (Wildman–Crippen LogP) is 3.78. The van der Waals surface area contributed by atoms with Crippen molar-refractivity contribution in [2.45, 2.75) is 24.9 Å². The molecule has 0 bridgehead atoms. The highest BCUT2D eigenvalue weighted by molar-refractivity contribution is 5.82. The number of nitrogens with zero attached hydrogens (tertiary/aromatic N) is 2. The molecule has 1 aliphatic carbocycles. The van der Waals surface area contributed by atoms with E-state index in [1.165, 1.54) is 17.7 Å². The topological polar surface area (TPSA) is 88.3 Å². The van der Waals surface area contributed by atoms with Gasteiger partial charge in [-0.25, -0.2) is 4.98 Å². The molecule has 1 heterocycles. The maximum atomic E-state index is 11.1. The van der Waals surface area contributed by atoms with Gasteiger partial charge in [-0.15, -0.1) is 0 Å². The molecule has 1 atom stereocenters. The van der Waals surface area contributed by atoms with Gasteiger partial charge >= 0.3 is 0 Å². The molecule has 1 aliphatic rings. The van der Waals surface area contributed by atoms with Gasteiger partial charge < -0.3 is 10.4 Å². The van der Waals surface area contributed by atoms with Crippen LogP contribution in [0.5, 0.6) is 0 Å². The van der Waals surface area contributed by atoms with Crippen LogP contribution in [0.1, 0.15) is 24.0 Å². The molecule has 26 heavy (non-hydrogen) atoms. The van der Waals surface area contributed by atoms with Crippen molar-refractivity contribution in [3.8, 4) is 0 Å². The van der Waals surface area contributed by atoms with E-state index < -0.39 is 10.5 Å². The van der Waals surface area contributed by atoms with Gasteiger partial charge in [0.2, 0.25) is 0 Å². The van der Waals surface area contributed by atoms with Gasteiger partial charge in [-0.3, -0.25) is 10.1 Å². The van der Waals surface area contributed by atoms with Crippen LogP contribution in [-0.2, 0) is 12.0 Å². The third kappa shape index (κ3) is 2.99. The van der Waals surface area contributed by atoms with Gasteiger partial charge in [-0.05, 0) is 48.6 Å². The SMILES string of the molecule is O=[N+]([O-])c1ccc2nc(NCC3(O)CCCc4ccccc43)ccc2c1. The van der Waals surface area contributed by atoms with Crippen LogP contribution in [-0.4, -0.2) is 21.6 Å². The lowest BCUT2D eigenvalue weighted by molar-refractivity contribution is -0.384. The number of hydrogen-bond acceptors (Lipinski definition) is 5. The summed E-state index contributed by atoms with van der Waals surface area (Å²) >= 11 is 0. The number of aryl methyl sites for hydroxylation is 1. The molecule has 0 aliphatic heterocycles. The van der Waals surface area contributed by atoms with Gasteiger partial charge in [0, 0.05) is 24.1 Å². The van der Waals surface area contributed by atoms with Crippen LogP contribution >= 0.6 is 0 Å². The zero-order chi connectivity index (χ0) is 18.1. The van der Waals surface area contributed by atoms with E-state index in [-0.39, 0.29) is 5.69 Å².